The molecule has 0 saturated heterocycles. The molecule has 25 heavy (non-hydrogen) atoms. The van der Waals surface area contributed by atoms with Crippen LogP contribution in [0.3, 0.4) is 0 Å². The molecule has 0 amide bonds. The highest BCUT2D eigenvalue weighted by molar-refractivity contribution is 7.46. The zero-order chi connectivity index (χ0) is 17.8. The van der Waals surface area contributed by atoms with Gasteiger partial charge in [0.1, 0.15) is 0 Å². The van der Waals surface area contributed by atoms with Gasteiger partial charge in [-0.3, -0.25) is 4.52 Å². The van der Waals surface area contributed by atoms with E-state index in [0.717, 1.165) is 16.7 Å². The first kappa shape index (κ1) is 17.6. The maximum atomic E-state index is 11.4. The van der Waals surface area contributed by atoms with Gasteiger partial charge in [-0.1, -0.05) is 91.0 Å². The molecule has 0 aliphatic carbocycles. The van der Waals surface area contributed by atoms with E-state index in [-0.39, 0.29) is 6.61 Å². The Hall–Kier alpha value is -2.23. The van der Waals surface area contributed by atoms with Crippen LogP contribution in [-0.2, 0) is 14.5 Å². The van der Waals surface area contributed by atoms with Crippen molar-refractivity contribution >= 4 is 7.82 Å². The Kier molecular flexibility index (Phi) is 5.16. The average Bonchev–Trinajstić information content (AvgIpc) is 2.64. The van der Waals surface area contributed by atoms with Gasteiger partial charge in [-0.2, -0.15) is 0 Å². The molecule has 0 fully saturated rings. The highest BCUT2D eigenvalue weighted by Crippen LogP contribution is 2.44. The summed E-state index contributed by atoms with van der Waals surface area (Å²) in [6, 6.07) is 28.9. The Morgan fingerprint density at radius 1 is 0.680 bits per heavy atom. The van der Waals surface area contributed by atoms with Gasteiger partial charge in [0.2, 0.25) is 0 Å². The molecule has 0 aliphatic heterocycles. The fraction of sp³-hybridized carbons (Fsp3) is 0.100. The van der Waals surface area contributed by atoms with E-state index in [1.807, 2.05) is 91.0 Å². The minimum atomic E-state index is -4.62. The summed E-state index contributed by atoms with van der Waals surface area (Å²) in [7, 11) is -4.62. The minimum Gasteiger partial charge on any atom is -0.303 e. The van der Waals surface area contributed by atoms with Gasteiger partial charge in [-0.25, -0.2) is 4.57 Å². The second-order valence-corrected chi connectivity index (χ2v) is 7.01. The zero-order valence-corrected chi connectivity index (χ0v) is 14.4. The van der Waals surface area contributed by atoms with Crippen LogP contribution in [0.1, 0.15) is 16.7 Å². The Balaban J connectivity index is 2.25. The van der Waals surface area contributed by atoms with Crippen molar-refractivity contribution in [3.05, 3.63) is 108 Å². The monoisotopic (exact) mass is 354 g/mol. The number of hydrogen-bond donors (Lipinski definition) is 2. The lowest BCUT2D eigenvalue weighted by molar-refractivity contribution is 0.175. The van der Waals surface area contributed by atoms with E-state index in [1.54, 1.807) is 0 Å². The molecule has 3 aromatic rings. The molecule has 0 heterocycles. The van der Waals surface area contributed by atoms with Crippen LogP contribution < -0.4 is 0 Å². The van der Waals surface area contributed by atoms with E-state index < -0.39 is 13.2 Å². The quantitative estimate of drug-likeness (QED) is 0.516. The summed E-state index contributed by atoms with van der Waals surface area (Å²) in [6.07, 6.45) is 0. The molecule has 5 heteroatoms. The fourth-order valence-electron chi connectivity index (χ4n) is 3.10. The van der Waals surface area contributed by atoms with Crippen molar-refractivity contribution in [3.8, 4) is 0 Å². The lowest BCUT2D eigenvalue weighted by Gasteiger charge is -2.35. The minimum absolute atomic E-state index is 0.171. The highest BCUT2D eigenvalue weighted by atomic mass is 31.2. The first-order valence-corrected chi connectivity index (χ1v) is 9.42. The van der Waals surface area contributed by atoms with Gasteiger partial charge in [0.15, 0.2) is 0 Å². The number of rotatable bonds is 6. The molecule has 3 rings (SSSR count). The summed E-state index contributed by atoms with van der Waals surface area (Å²) < 4.78 is 16.5. The summed E-state index contributed by atoms with van der Waals surface area (Å²) in [5.41, 5.74) is 1.88. The third-order valence-corrected chi connectivity index (χ3v) is 4.71. The van der Waals surface area contributed by atoms with Crippen molar-refractivity contribution in [3.63, 3.8) is 0 Å². The summed E-state index contributed by atoms with van der Waals surface area (Å²) in [5, 5.41) is 0. The molecule has 0 bridgehead atoms. The van der Waals surface area contributed by atoms with Gasteiger partial charge in [0.25, 0.3) is 0 Å². The Morgan fingerprint density at radius 2 is 1.00 bits per heavy atom. The Morgan fingerprint density at radius 3 is 1.28 bits per heavy atom. The molecule has 0 saturated carbocycles. The molecular weight excluding hydrogens is 335 g/mol. The van der Waals surface area contributed by atoms with Gasteiger partial charge in [0.05, 0.1) is 12.0 Å². The third-order valence-electron chi connectivity index (χ3n) is 4.25. The van der Waals surface area contributed by atoms with Crippen LogP contribution >= 0.6 is 7.82 Å². The van der Waals surface area contributed by atoms with Gasteiger partial charge < -0.3 is 9.79 Å². The van der Waals surface area contributed by atoms with Gasteiger partial charge in [-0.05, 0) is 16.7 Å². The Bertz CT molecular complexity index is 748. The highest BCUT2D eigenvalue weighted by Gasteiger charge is 2.38. The smallest absolute Gasteiger partial charge is 0.303 e. The van der Waals surface area contributed by atoms with Crippen molar-refractivity contribution in [1.29, 1.82) is 0 Å². The number of phosphoric ester groups is 1. The molecule has 0 aromatic heterocycles. The molecule has 3 aromatic carbocycles. The SMILES string of the molecule is O=P(O)(O)OCC(c1ccccc1)(c1ccccc1)c1ccccc1. The summed E-state index contributed by atoms with van der Waals surface area (Å²) >= 11 is 0. The van der Waals surface area contributed by atoms with Gasteiger partial charge >= 0.3 is 7.82 Å². The standard InChI is InChI=1S/C20H19O4P/c21-25(22,23)24-16-20(17-10-4-1-5-11-17,18-12-6-2-7-13-18)19-14-8-3-9-15-19/h1-15H,16H2,(H2,21,22,23). The van der Waals surface area contributed by atoms with E-state index in [2.05, 4.69) is 0 Å². The molecule has 2 N–H and O–H groups in total. The number of phosphoric acid groups is 1. The van der Waals surface area contributed by atoms with E-state index in [0.29, 0.717) is 0 Å². The average molecular weight is 354 g/mol. The molecule has 0 spiro atoms. The van der Waals surface area contributed by atoms with E-state index in [9.17, 15) is 14.4 Å². The summed E-state index contributed by atoms with van der Waals surface area (Å²) in [6.45, 7) is -0.171. The second kappa shape index (κ2) is 7.34. The molecule has 0 aliphatic rings. The lowest BCUT2D eigenvalue weighted by atomic mass is 9.70. The van der Waals surface area contributed by atoms with Crippen molar-refractivity contribution < 1.29 is 18.9 Å². The van der Waals surface area contributed by atoms with Crippen molar-refractivity contribution in [1.82, 2.24) is 0 Å². The fourth-order valence-corrected chi connectivity index (χ4v) is 3.46. The number of hydrogen-bond acceptors (Lipinski definition) is 2. The molecular formula is C20H19O4P. The second-order valence-electron chi connectivity index (χ2n) is 5.77. The first-order chi connectivity index (χ1) is 12.0. The molecule has 0 atom stereocenters. The zero-order valence-electron chi connectivity index (χ0n) is 13.5. The van der Waals surface area contributed by atoms with Crippen LogP contribution in [0.4, 0.5) is 0 Å². The molecule has 4 nitrogen and oxygen atoms in total. The van der Waals surface area contributed by atoms with Crippen LogP contribution in [0.2, 0.25) is 0 Å². The number of benzene rings is 3. The maximum absolute atomic E-state index is 11.4. The van der Waals surface area contributed by atoms with Gasteiger partial charge in [0, 0.05) is 0 Å². The summed E-state index contributed by atoms with van der Waals surface area (Å²) in [4.78, 5) is 18.6. The Labute approximate surface area is 147 Å². The van der Waals surface area contributed by atoms with Crippen LogP contribution in [0.15, 0.2) is 91.0 Å². The van der Waals surface area contributed by atoms with Crippen LogP contribution in [0, 0.1) is 0 Å². The van der Waals surface area contributed by atoms with Crippen LogP contribution in [0.5, 0.6) is 0 Å². The van der Waals surface area contributed by atoms with Crippen LogP contribution in [0.25, 0.3) is 0 Å². The molecule has 128 valence electrons. The third kappa shape index (κ3) is 3.89. The predicted molar refractivity (Wildman–Crippen MR) is 97.2 cm³/mol. The largest absolute Gasteiger partial charge is 0.469 e. The van der Waals surface area contributed by atoms with E-state index >= 15 is 0 Å². The normalized spacial score (nSPS) is 12.1. The lowest BCUT2D eigenvalue weighted by Crippen LogP contribution is -2.34. The first-order valence-electron chi connectivity index (χ1n) is 7.89. The van der Waals surface area contributed by atoms with E-state index in [1.165, 1.54) is 0 Å². The predicted octanol–water partition coefficient (Wildman–Crippen LogP) is 4.13. The molecule has 0 radical (unpaired) electrons. The van der Waals surface area contributed by atoms with Crippen molar-refractivity contribution in [2.45, 2.75) is 5.41 Å². The van der Waals surface area contributed by atoms with E-state index in [4.69, 9.17) is 4.52 Å². The summed E-state index contributed by atoms with van der Waals surface area (Å²) in [5.74, 6) is 0. The molecule has 0 unspecified atom stereocenters. The van der Waals surface area contributed by atoms with Gasteiger partial charge in [-0.15, -0.1) is 0 Å². The van der Waals surface area contributed by atoms with Crippen molar-refractivity contribution in [2.75, 3.05) is 6.61 Å². The topological polar surface area (TPSA) is 66.8 Å². The maximum Gasteiger partial charge on any atom is 0.469 e. The van der Waals surface area contributed by atoms with Crippen LogP contribution in [-0.4, -0.2) is 16.4 Å². The van der Waals surface area contributed by atoms with Crippen molar-refractivity contribution in [2.24, 2.45) is 0 Å².